The number of rotatable bonds is 4. The van der Waals surface area contributed by atoms with Gasteiger partial charge in [-0.2, -0.15) is 0 Å². The molecule has 0 unspecified atom stereocenters. The molecule has 1 heterocycles. The summed E-state index contributed by atoms with van der Waals surface area (Å²) in [5.74, 6) is 1.52. The fourth-order valence-electron chi connectivity index (χ4n) is 2.39. The molecule has 2 aromatic rings. The minimum absolute atomic E-state index is 0.538. The summed E-state index contributed by atoms with van der Waals surface area (Å²) in [6, 6.07) is 12.1. The number of anilines is 1. The van der Waals surface area contributed by atoms with Gasteiger partial charge in [0.1, 0.15) is 5.75 Å². The van der Waals surface area contributed by atoms with Gasteiger partial charge in [-0.05, 0) is 35.4 Å². The van der Waals surface area contributed by atoms with Crippen molar-refractivity contribution >= 4 is 28.9 Å². The summed E-state index contributed by atoms with van der Waals surface area (Å²) in [4.78, 5) is 0. The SMILES string of the molecule is ClCc1ccc(NCc2cc(Cl)cc3c2OCC3)cc1. The van der Waals surface area contributed by atoms with Gasteiger partial charge in [-0.3, -0.25) is 0 Å². The summed E-state index contributed by atoms with van der Waals surface area (Å²) < 4.78 is 5.69. The summed E-state index contributed by atoms with van der Waals surface area (Å²) in [5, 5.41) is 4.15. The van der Waals surface area contributed by atoms with Crippen LogP contribution in [0.15, 0.2) is 36.4 Å². The average molecular weight is 308 g/mol. The lowest BCUT2D eigenvalue weighted by atomic mass is 10.1. The summed E-state index contributed by atoms with van der Waals surface area (Å²) >= 11 is 11.9. The number of nitrogens with one attached hydrogen (secondary N) is 1. The molecule has 3 rings (SSSR count). The van der Waals surface area contributed by atoms with Crippen molar-refractivity contribution in [2.45, 2.75) is 18.8 Å². The Hall–Kier alpha value is -1.38. The van der Waals surface area contributed by atoms with Gasteiger partial charge < -0.3 is 10.1 Å². The molecule has 0 radical (unpaired) electrons. The van der Waals surface area contributed by atoms with Crippen LogP contribution in [-0.4, -0.2) is 6.61 Å². The molecule has 0 atom stereocenters. The Bertz CT molecular complexity index is 611. The van der Waals surface area contributed by atoms with E-state index in [0.29, 0.717) is 12.4 Å². The van der Waals surface area contributed by atoms with Crippen LogP contribution in [0.5, 0.6) is 5.75 Å². The van der Waals surface area contributed by atoms with Gasteiger partial charge in [0, 0.05) is 35.1 Å². The summed E-state index contributed by atoms with van der Waals surface area (Å²) in [5.41, 5.74) is 4.48. The first-order valence-electron chi connectivity index (χ1n) is 6.59. The fraction of sp³-hybridized carbons (Fsp3) is 0.250. The van der Waals surface area contributed by atoms with Crippen molar-refractivity contribution < 1.29 is 4.74 Å². The van der Waals surface area contributed by atoms with Crippen molar-refractivity contribution in [2.24, 2.45) is 0 Å². The molecular formula is C16H15Cl2NO. The van der Waals surface area contributed by atoms with E-state index >= 15 is 0 Å². The Kier molecular flexibility index (Phi) is 4.04. The molecule has 0 spiro atoms. The zero-order valence-corrected chi connectivity index (χ0v) is 12.5. The van der Waals surface area contributed by atoms with Crippen LogP contribution in [0.4, 0.5) is 5.69 Å². The van der Waals surface area contributed by atoms with Crippen LogP contribution < -0.4 is 10.1 Å². The lowest BCUT2D eigenvalue weighted by Gasteiger charge is -2.11. The van der Waals surface area contributed by atoms with Gasteiger partial charge in [0.15, 0.2) is 0 Å². The monoisotopic (exact) mass is 307 g/mol. The molecule has 1 aliphatic rings. The average Bonchev–Trinajstić information content (AvgIpc) is 2.93. The predicted molar refractivity (Wildman–Crippen MR) is 84.0 cm³/mol. The van der Waals surface area contributed by atoms with Gasteiger partial charge in [0.25, 0.3) is 0 Å². The number of fused-ring (bicyclic) bond motifs is 1. The van der Waals surface area contributed by atoms with E-state index in [4.69, 9.17) is 27.9 Å². The van der Waals surface area contributed by atoms with E-state index in [2.05, 4.69) is 5.32 Å². The van der Waals surface area contributed by atoms with Crippen LogP contribution >= 0.6 is 23.2 Å². The first-order chi connectivity index (χ1) is 9.76. The van der Waals surface area contributed by atoms with Gasteiger partial charge in [-0.15, -0.1) is 11.6 Å². The molecule has 2 nitrogen and oxygen atoms in total. The predicted octanol–water partition coefficient (Wildman–Crippen LogP) is 4.63. The number of benzene rings is 2. The summed E-state index contributed by atoms with van der Waals surface area (Å²) in [6.07, 6.45) is 0.938. The zero-order valence-electron chi connectivity index (χ0n) is 11.0. The highest BCUT2D eigenvalue weighted by Gasteiger charge is 2.17. The maximum absolute atomic E-state index is 6.15. The largest absolute Gasteiger partial charge is 0.493 e. The highest BCUT2D eigenvalue weighted by molar-refractivity contribution is 6.30. The maximum Gasteiger partial charge on any atom is 0.127 e. The third-order valence-electron chi connectivity index (χ3n) is 3.42. The second-order valence-electron chi connectivity index (χ2n) is 4.84. The molecule has 0 fully saturated rings. The molecule has 1 aliphatic heterocycles. The molecule has 104 valence electrons. The lowest BCUT2D eigenvalue weighted by Crippen LogP contribution is -2.01. The van der Waals surface area contributed by atoms with Crippen molar-refractivity contribution in [3.05, 3.63) is 58.1 Å². The minimum atomic E-state index is 0.538. The lowest BCUT2D eigenvalue weighted by molar-refractivity contribution is 0.354. The molecule has 0 saturated carbocycles. The Morgan fingerprint density at radius 1 is 1.15 bits per heavy atom. The van der Waals surface area contributed by atoms with E-state index in [1.54, 1.807) is 0 Å². The van der Waals surface area contributed by atoms with Crippen LogP contribution in [0.1, 0.15) is 16.7 Å². The zero-order chi connectivity index (χ0) is 13.9. The van der Waals surface area contributed by atoms with Crippen molar-refractivity contribution in [1.82, 2.24) is 0 Å². The minimum Gasteiger partial charge on any atom is -0.493 e. The molecule has 0 aromatic heterocycles. The second kappa shape index (κ2) is 5.94. The van der Waals surface area contributed by atoms with Crippen molar-refractivity contribution in [3.63, 3.8) is 0 Å². The highest BCUT2D eigenvalue weighted by Crippen LogP contribution is 2.33. The molecule has 4 heteroatoms. The van der Waals surface area contributed by atoms with Crippen LogP contribution in [0.2, 0.25) is 5.02 Å². The Morgan fingerprint density at radius 3 is 2.70 bits per heavy atom. The van der Waals surface area contributed by atoms with E-state index in [1.165, 1.54) is 5.56 Å². The van der Waals surface area contributed by atoms with Crippen molar-refractivity contribution in [3.8, 4) is 5.75 Å². The summed E-state index contributed by atoms with van der Waals surface area (Å²) in [7, 11) is 0. The topological polar surface area (TPSA) is 21.3 Å². The quantitative estimate of drug-likeness (QED) is 0.832. The van der Waals surface area contributed by atoms with Crippen LogP contribution in [0.25, 0.3) is 0 Å². The summed E-state index contributed by atoms with van der Waals surface area (Å²) in [6.45, 7) is 1.44. The van der Waals surface area contributed by atoms with Gasteiger partial charge in [-0.25, -0.2) is 0 Å². The fourth-order valence-corrected chi connectivity index (χ4v) is 2.83. The van der Waals surface area contributed by atoms with Gasteiger partial charge in [0.2, 0.25) is 0 Å². The molecule has 2 aromatic carbocycles. The Balaban J connectivity index is 1.75. The number of hydrogen-bond acceptors (Lipinski definition) is 2. The van der Waals surface area contributed by atoms with Gasteiger partial charge in [0.05, 0.1) is 6.61 Å². The standard InChI is InChI=1S/C16H15Cl2NO/c17-9-11-1-3-15(4-2-11)19-10-13-8-14(18)7-12-5-6-20-16(12)13/h1-4,7-8,19H,5-6,9-10H2. The van der Waals surface area contributed by atoms with Gasteiger partial charge in [-0.1, -0.05) is 23.7 Å². The van der Waals surface area contributed by atoms with E-state index in [9.17, 15) is 0 Å². The Morgan fingerprint density at radius 2 is 1.95 bits per heavy atom. The van der Waals surface area contributed by atoms with E-state index in [1.807, 2.05) is 36.4 Å². The van der Waals surface area contributed by atoms with E-state index < -0.39 is 0 Å². The van der Waals surface area contributed by atoms with E-state index in [0.717, 1.165) is 40.6 Å². The molecule has 1 N–H and O–H groups in total. The van der Waals surface area contributed by atoms with Crippen LogP contribution in [0.3, 0.4) is 0 Å². The second-order valence-corrected chi connectivity index (χ2v) is 5.54. The van der Waals surface area contributed by atoms with E-state index in [-0.39, 0.29) is 0 Å². The number of hydrogen-bond donors (Lipinski definition) is 1. The molecule has 20 heavy (non-hydrogen) atoms. The first kappa shape index (κ1) is 13.6. The van der Waals surface area contributed by atoms with Gasteiger partial charge >= 0.3 is 0 Å². The molecule has 0 bridgehead atoms. The van der Waals surface area contributed by atoms with Crippen LogP contribution in [-0.2, 0) is 18.8 Å². The first-order valence-corrected chi connectivity index (χ1v) is 7.50. The Labute approximate surface area is 128 Å². The number of halogens is 2. The third-order valence-corrected chi connectivity index (χ3v) is 3.94. The van der Waals surface area contributed by atoms with Crippen molar-refractivity contribution in [2.75, 3.05) is 11.9 Å². The molecule has 0 aliphatic carbocycles. The number of alkyl halides is 1. The third kappa shape index (κ3) is 2.87. The normalized spacial score (nSPS) is 12.9. The highest BCUT2D eigenvalue weighted by atomic mass is 35.5. The molecule has 0 saturated heterocycles. The number of ether oxygens (including phenoxy) is 1. The smallest absolute Gasteiger partial charge is 0.127 e. The maximum atomic E-state index is 6.15. The van der Waals surface area contributed by atoms with Crippen LogP contribution in [0, 0.1) is 0 Å². The van der Waals surface area contributed by atoms with Crippen molar-refractivity contribution in [1.29, 1.82) is 0 Å². The molecular weight excluding hydrogens is 293 g/mol. The molecule has 0 amide bonds.